The first-order valence-corrected chi connectivity index (χ1v) is 6.56. The van der Waals surface area contributed by atoms with Gasteiger partial charge in [0.1, 0.15) is 17.9 Å². The molecule has 0 radical (unpaired) electrons. The Morgan fingerprint density at radius 3 is 2.58 bits per heavy atom. The van der Waals surface area contributed by atoms with Crippen LogP contribution in [0.1, 0.15) is 37.6 Å². The van der Waals surface area contributed by atoms with E-state index in [9.17, 15) is 4.79 Å². The second-order valence-electron chi connectivity index (χ2n) is 5.71. The number of hydrogen-bond acceptors (Lipinski definition) is 3. The fourth-order valence-corrected chi connectivity index (χ4v) is 1.59. The lowest BCUT2D eigenvalue weighted by Crippen LogP contribution is -2.25. The van der Waals surface area contributed by atoms with E-state index >= 15 is 0 Å². The van der Waals surface area contributed by atoms with Crippen LogP contribution >= 0.6 is 0 Å². The first kappa shape index (κ1) is 15.5. The van der Waals surface area contributed by atoms with E-state index < -0.39 is 5.97 Å². The maximum absolute atomic E-state index is 11.0. The molecule has 19 heavy (non-hydrogen) atoms. The van der Waals surface area contributed by atoms with Gasteiger partial charge in [-0.05, 0) is 30.5 Å². The van der Waals surface area contributed by atoms with Gasteiger partial charge in [0.15, 0.2) is 0 Å². The van der Waals surface area contributed by atoms with Gasteiger partial charge >= 0.3 is 5.97 Å². The van der Waals surface area contributed by atoms with Gasteiger partial charge in [-0.15, -0.1) is 0 Å². The number of nitrogens with one attached hydrogen (secondary N) is 1. The Balaban J connectivity index is 2.28. The highest BCUT2D eigenvalue weighted by Gasteiger charge is 2.10. The number of para-hydroxylation sites is 1. The summed E-state index contributed by atoms with van der Waals surface area (Å²) in [7, 11) is 0. The first-order valence-electron chi connectivity index (χ1n) is 6.56. The van der Waals surface area contributed by atoms with E-state index in [2.05, 4.69) is 26.1 Å². The minimum absolute atomic E-state index is 0.206. The zero-order valence-electron chi connectivity index (χ0n) is 11.9. The predicted molar refractivity (Wildman–Crippen MR) is 75.8 cm³/mol. The molecule has 0 bridgehead atoms. The van der Waals surface area contributed by atoms with Gasteiger partial charge < -0.3 is 15.2 Å². The van der Waals surface area contributed by atoms with Crippen molar-refractivity contribution in [1.82, 2.24) is 5.32 Å². The molecule has 4 nitrogen and oxygen atoms in total. The van der Waals surface area contributed by atoms with Crippen LogP contribution in [-0.4, -0.2) is 30.8 Å². The van der Waals surface area contributed by atoms with Gasteiger partial charge in [0.05, 0.1) is 0 Å². The molecule has 0 amide bonds. The smallest absolute Gasteiger partial charge is 0.339 e. The number of carboxylic acids is 1. The molecule has 1 aromatic carbocycles. The lowest BCUT2D eigenvalue weighted by atomic mass is 9.92. The Morgan fingerprint density at radius 1 is 1.26 bits per heavy atom. The van der Waals surface area contributed by atoms with Crippen LogP contribution in [0.4, 0.5) is 0 Å². The fourth-order valence-electron chi connectivity index (χ4n) is 1.59. The van der Waals surface area contributed by atoms with Crippen molar-refractivity contribution in [3.05, 3.63) is 29.8 Å². The van der Waals surface area contributed by atoms with Gasteiger partial charge in [-0.2, -0.15) is 0 Å². The molecule has 1 aromatic rings. The highest BCUT2D eigenvalue weighted by atomic mass is 16.5. The molecule has 0 fully saturated rings. The highest BCUT2D eigenvalue weighted by molar-refractivity contribution is 5.90. The van der Waals surface area contributed by atoms with E-state index in [0.717, 1.165) is 13.0 Å². The molecule has 1 rings (SSSR count). The molecule has 0 unspecified atom stereocenters. The van der Waals surface area contributed by atoms with Gasteiger partial charge in [-0.25, -0.2) is 4.79 Å². The summed E-state index contributed by atoms with van der Waals surface area (Å²) in [5, 5.41) is 12.3. The van der Waals surface area contributed by atoms with Crippen molar-refractivity contribution >= 4 is 5.97 Å². The Bertz CT molecular complexity index is 410. The molecule has 106 valence electrons. The Morgan fingerprint density at radius 2 is 1.95 bits per heavy atom. The van der Waals surface area contributed by atoms with Crippen molar-refractivity contribution in [1.29, 1.82) is 0 Å². The summed E-state index contributed by atoms with van der Waals surface area (Å²) < 4.78 is 5.49. The first-order chi connectivity index (χ1) is 8.90. The summed E-state index contributed by atoms with van der Waals surface area (Å²) in [6.45, 7) is 8.72. The SMILES string of the molecule is CC(C)(C)CCNCCOc1ccccc1C(=O)O. The van der Waals surface area contributed by atoms with Crippen LogP contribution in [0, 0.1) is 5.41 Å². The topological polar surface area (TPSA) is 58.6 Å². The molecule has 0 heterocycles. The lowest BCUT2D eigenvalue weighted by Gasteiger charge is -2.18. The minimum Gasteiger partial charge on any atom is -0.491 e. The number of carboxylic acid groups (broad SMARTS) is 1. The number of aromatic carboxylic acids is 1. The van der Waals surface area contributed by atoms with Crippen LogP contribution < -0.4 is 10.1 Å². The molecular formula is C15H23NO3. The minimum atomic E-state index is -0.962. The van der Waals surface area contributed by atoms with Crippen molar-refractivity contribution in [3.8, 4) is 5.75 Å². The summed E-state index contributed by atoms with van der Waals surface area (Å²) in [6.07, 6.45) is 1.10. The Hall–Kier alpha value is -1.55. The zero-order valence-corrected chi connectivity index (χ0v) is 11.9. The zero-order chi connectivity index (χ0) is 14.3. The van der Waals surface area contributed by atoms with Crippen LogP contribution in [0.25, 0.3) is 0 Å². The second-order valence-corrected chi connectivity index (χ2v) is 5.71. The van der Waals surface area contributed by atoms with Gasteiger partial charge in [0.25, 0.3) is 0 Å². The molecule has 0 saturated carbocycles. The summed E-state index contributed by atoms with van der Waals surface area (Å²) in [4.78, 5) is 11.0. The van der Waals surface area contributed by atoms with Crippen LogP contribution in [-0.2, 0) is 0 Å². The van der Waals surface area contributed by atoms with Crippen molar-refractivity contribution < 1.29 is 14.6 Å². The largest absolute Gasteiger partial charge is 0.491 e. The van der Waals surface area contributed by atoms with Crippen LogP contribution in [0.3, 0.4) is 0 Å². The number of benzene rings is 1. The standard InChI is InChI=1S/C15H23NO3/c1-15(2,3)8-9-16-10-11-19-13-7-5-4-6-12(13)14(17)18/h4-7,16H,8-11H2,1-3H3,(H,17,18). The molecule has 0 atom stereocenters. The van der Waals surface area contributed by atoms with E-state index in [1.54, 1.807) is 24.3 Å². The predicted octanol–water partition coefficient (Wildman–Crippen LogP) is 2.79. The third-order valence-electron chi connectivity index (χ3n) is 2.71. The average Bonchev–Trinajstić information content (AvgIpc) is 2.32. The summed E-state index contributed by atoms with van der Waals surface area (Å²) >= 11 is 0. The highest BCUT2D eigenvalue weighted by Crippen LogP contribution is 2.18. The summed E-state index contributed by atoms with van der Waals surface area (Å²) in [6, 6.07) is 6.69. The van der Waals surface area contributed by atoms with Gasteiger partial charge in [-0.1, -0.05) is 32.9 Å². The molecule has 0 aliphatic carbocycles. The van der Waals surface area contributed by atoms with Gasteiger partial charge in [-0.3, -0.25) is 0 Å². The van der Waals surface area contributed by atoms with Crippen molar-refractivity contribution in [2.45, 2.75) is 27.2 Å². The molecule has 0 aromatic heterocycles. The van der Waals surface area contributed by atoms with Crippen molar-refractivity contribution in [2.24, 2.45) is 5.41 Å². The van der Waals surface area contributed by atoms with Crippen molar-refractivity contribution in [3.63, 3.8) is 0 Å². The summed E-state index contributed by atoms with van der Waals surface area (Å²) in [5.74, 6) is -0.538. The van der Waals surface area contributed by atoms with Crippen molar-refractivity contribution in [2.75, 3.05) is 19.7 Å². The molecule has 0 spiro atoms. The van der Waals surface area contributed by atoms with Gasteiger partial charge in [0, 0.05) is 6.54 Å². The third kappa shape index (κ3) is 6.25. The number of rotatable bonds is 7. The summed E-state index contributed by atoms with van der Waals surface area (Å²) in [5.41, 5.74) is 0.529. The molecule has 4 heteroatoms. The Kier molecular flexibility index (Phi) is 5.83. The van der Waals surface area contributed by atoms with E-state index in [-0.39, 0.29) is 5.56 Å². The number of ether oxygens (including phenoxy) is 1. The average molecular weight is 265 g/mol. The van der Waals surface area contributed by atoms with Crippen LogP contribution in [0.5, 0.6) is 5.75 Å². The lowest BCUT2D eigenvalue weighted by molar-refractivity contribution is 0.0692. The fraction of sp³-hybridized carbons (Fsp3) is 0.533. The molecule has 0 saturated heterocycles. The quantitative estimate of drug-likeness (QED) is 0.744. The van der Waals surface area contributed by atoms with E-state index in [1.807, 2.05) is 0 Å². The van der Waals surface area contributed by atoms with E-state index in [0.29, 0.717) is 24.3 Å². The molecule has 2 N–H and O–H groups in total. The number of hydrogen-bond donors (Lipinski definition) is 2. The third-order valence-corrected chi connectivity index (χ3v) is 2.71. The molecule has 0 aliphatic rings. The van der Waals surface area contributed by atoms with E-state index in [1.165, 1.54) is 0 Å². The van der Waals surface area contributed by atoms with Gasteiger partial charge in [0.2, 0.25) is 0 Å². The van der Waals surface area contributed by atoms with Crippen LogP contribution in [0.15, 0.2) is 24.3 Å². The monoisotopic (exact) mass is 265 g/mol. The second kappa shape index (κ2) is 7.14. The maximum atomic E-state index is 11.0. The molecular weight excluding hydrogens is 242 g/mol. The molecule has 0 aliphatic heterocycles. The maximum Gasteiger partial charge on any atom is 0.339 e. The number of carbonyl (C=O) groups is 1. The van der Waals surface area contributed by atoms with Crippen LogP contribution in [0.2, 0.25) is 0 Å². The normalized spacial score (nSPS) is 11.3. The Labute approximate surface area is 114 Å². The van der Waals surface area contributed by atoms with E-state index in [4.69, 9.17) is 9.84 Å².